The fourth-order valence-electron chi connectivity index (χ4n) is 3.16. The summed E-state index contributed by atoms with van der Waals surface area (Å²) in [7, 11) is 1.61. The molecule has 32 heavy (non-hydrogen) atoms. The third kappa shape index (κ3) is 6.37. The van der Waals surface area contributed by atoms with Gasteiger partial charge in [0.05, 0.1) is 7.11 Å². The molecule has 168 valence electrons. The Hall–Kier alpha value is -3.26. The lowest BCUT2D eigenvalue weighted by molar-refractivity contribution is -0.127. The Morgan fingerprint density at radius 2 is 1.78 bits per heavy atom. The predicted molar refractivity (Wildman–Crippen MR) is 127 cm³/mol. The molecule has 0 radical (unpaired) electrons. The van der Waals surface area contributed by atoms with Crippen molar-refractivity contribution in [3.63, 3.8) is 0 Å². The van der Waals surface area contributed by atoms with E-state index in [1.807, 2.05) is 68.4 Å². The van der Waals surface area contributed by atoms with Crippen molar-refractivity contribution in [3.8, 4) is 16.3 Å². The Kier molecular flexibility index (Phi) is 8.33. The van der Waals surface area contributed by atoms with Crippen LogP contribution in [0.4, 0.5) is 5.13 Å². The van der Waals surface area contributed by atoms with E-state index in [0.29, 0.717) is 23.0 Å². The number of amides is 2. The number of nitrogens with one attached hydrogen (secondary N) is 2. The average molecular weight is 453 g/mol. The van der Waals surface area contributed by atoms with Gasteiger partial charge in [-0.3, -0.25) is 14.9 Å². The highest BCUT2D eigenvalue weighted by molar-refractivity contribution is 7.18. The van der Waals surface area contributed by atoms with E-state index in [1.165, 1.54) is 11.3 Å². The van der Waals surface area contributed by atoms with Crippen molar-refractivity contribution in [1.29, 1.82) is 0 Å². The minimum atomic E-state index is -0.642. The number of carbonyl (C=O) groups excluding carboxylic acids is 2. The van der Waals surface area contributed by atoms with Crippen LogP contribution < -0.4 is 15.4 Å². The Morgan fingerprint density at radius 1 is 1.06 bits per heavy atom. The number of nitrogens with zero attached hydrogens (tertiary/aromatic N) is 2. The summed E-state index contributed by atoms with van der Waals surface area (Å²) >= 11 is 1.28. The van der Waals surface area contributed by atoms with Crippen LogP contribution in [-0.2, 0) is 16.0 Å². The summed E-state index contributed by atoms with van der Waals surface area (Å²) < 4.78 is 5.17. The summed E-state index contributed by atoms with van der Waals surface area (Å²) in [5.74, 6) is 0.297. The molecule has 7 nitrogen and oxygen atoms in total. The molecule has 2 N–H and O–H groups in total. The number of carbonyl (C=O) groups is 2. The highest BCUT2D eigenvalue weighted by atomic mass is 32.1. The molecule has 0 bridgehead atoms. The zero-order valence-corrected chi connectivity index (χ0v) is 19.3. The van der Waals surface area contributed by atoms with Crippen LogP contribution in [-0.4, -0.2) is 35.2 Å². The lowest BCUT2D eigenvalue weighted by atomic mass is 9.98. The van der Waals surface area contributed by atoms with Crippen molar-refractivity contribution in [3.05, 3.63) is 60.2 Å². The summed E-state index contributed by atoms with van der Waals surface area (Å²) in [6, 6.07) is 16.6. The van der Waals surface area contributed by atoms with Gasteiger partial charge in [-0.2, -0.15) is 0 Å². The molecule has 0 fully saturated rings. The number of rotatable bonds is 10. The van der Waals surface area contributed by atoms with Crippen LogP contribution in [0.15, 0.2) is 54.6 Å². The molecule has 8 heteroatoms. The number of methoxy groups -OCH3 is 1. The van der Waals surface area contributed by atoms with E-state index in [9.17, 15) is 9.59 Å². The van der Waals surface area contributed by atoms with Gasteiger partial charge >= 0.3 is 0 Å². The van der Waals surface area contributed by atoms with Crippen molar-refractivity contribution in [1.82, 2.24) is 15.5 Å². The van der Waals surface area contributed by atoms with Crippen molar-refractivity contribution in [2.24, 2.45) is 5.92 Å². The van der Waals surface area contributed by atoms with E-state index in [2.05, 4.69) is 20.8 Å². The smallest absolute Gasteiger partial charge is 0.249 e. The van der Waals surface area contributed by atoms with Gasteiger partial charge in [0, 0.05) is 12.0 Å². The molecule has 1 heterocycles. The van der Waals surface area contributed by atoms with Crippen LogP contribution in [0.2, 0.25) is 0 Å². The quantitative estimate of drug-likeness (QED) is 0.478. The van der Waals surface area contributed by atoms with Crippen molar-refractivity contribution in [2.45, 2.75) is 39.2 Å². The van der Waals surface area contributed by atoms with E-state index < -0.39 is 6.04 Å². The molecule has 2 unspecified atom stereocenters. The predicted octanol–water partition coefficient (Wildman–Crippen LogP) is 4.32. The molecule has 0 saturated carbocycles. The first-order valence-electron chi connectivity index (χ1n) is 10.6. The minimum absolute atomic E-state index is 0.0235. The number of aryl methyl sites for hydroxylation is 1. The summed E-state index contributed by atoms with van der Waals surface area (Å²) in [5.41, 5.74) is 1.98. The molecule has 3 aromatic rings. The monoisotopic (exact) mass is 452 g/mol. The zero-order valence-electron chi connectivity index (χ0n) is 18.5. The highest BCUT2D eigenvalue weighted by Gasteiger charge is 2.26. The van der Waals surface area contributed by atoms with Crippen molar-refractivity contribution >= 4 is 28.3 Å². The van der Waals surface area contributed by atoms with Crippen LogP contribution in [0.25, 0.3) is 10.6 Å². The van der Waals surface area contributed by atoms with Crippen LogP contribution in [0.3, 0.4) is 0 Å². The van der Waals surface area contributed by atoms with Gasteiger partial charge in [-0.1, -0.05) is 61.9 Å². The summed E-state index contributed by atoms with van der Waals surface area (Å²) in [4.78, 5) is 25.5. The van der Waals surface area contributed by atoms with Gasteiger partial charge in [-0.15, -0.1) is 10.2 Å². The van der Waals surface area contributed by atoms with E-state index >= 15 is 0 Å². The van der Waals surface area contributed by atoms with Gasteiger partial charge in [0.1, 0.15) is 16.8 Å². The first-order valence-corrected chi connectivity index (χ1v) is 11.4. The Balaban J connectivity index is 1.61. The van der Waals surface area contributed by atoms with Crippen LogP contribution in [0, 0.1) is 5.92 Å². The number of benzene rings is 2. The second kappa shape index (κ2) is 11.4. The maximum atomic E-state index is 12.9. The van der Waals surface area contributed by atoms with Gasteiger partial charge < -0.3 is 10.1 Å². The van der Waals surface area contributed by atoms with Crippen LogP contribution in [0.5, 0.6) is 5.75 Å². The molecule has 3 rings (SSSR count). The molecule has 0 aliphatic heterocycles. The maximum absolute atomic E-state index is 12.9. The largest absolute Gasteiger partial charge is 0.497 e. The van der Waals surface area contributed by atoms with Gasteiger partial charge in [0.2, 0.25) is 16.9 Å². The van der Waals surface area contributed by atoms with E-state index in [4.69, 9.17) is 4.74 Å². The molecule has 1 aromatic heterocycles. The lowest BCUT2D eigenvalue weighted by Gasteiger charge is -2.23. The summed E-state index contributed by atoms with van der Waals surface area (Å²) in [6.07, 6.45) is 1.71. The third-order valence-electron chi connectivity index (χ3n) is 5.29. The van der Waals surface area contributed by atoms with E-state index in [0.717, 1.165) is 23.3 Å². The summed E-state index contributed by atoms with van der Waals surface area (Å²) in [6.45, 7) is 3.94. The molecule has 0 aliphatic carbocycles. The standard InChI is InChI=1S/C24H28N4O3S/c1-4-16(2)21(25-20(29)15-10-17-8-6-5-7-9-17)22(30)26-24-28-27-23(32-24)18-11-13-19(31-3)14-12-18/h5-9,11-14,16,21H,4,10,15H2,1-3H3,(H,25,29)(H,26,28,30). The Labute approximate surface area is 192 Å². The Bertz CT molecular complexity index is 1020. The molecule has 0 spiro atoms. The summed E-state index contributed by atoms with van der Waals surface area (Å²) in [5, 5.41) is 15.1. The van der Waals surface area contributed by atoms with Gasteiger partial charge in [-0.05, 0) is 42.2 Å². The second-order valence-corrected chi connectivity index (χ2v) is 8.52. The topological polar surface area (TPSA) is 93.2 Å². The fourth-order valence-corrected chi connectivity index (χ4v) is 3.91. The maximum Gasteiger partial charge on any atom is 0.249 e. The van der Waals surface area contributed by atoms with Crippen molar-refractivity contribution < 1.29 is 14.3 Å². The zero-order chi connectivity index (χ0) is 22.9. The molecule has 2 aromatic carbocycles. The molecule has 0 aliphatic rings. The number of anilines is 1. The number of hydrogen-bond donors (Lipinski definition) is 2. The van der Waals surface area contributed by atoms with E-state index in [1.54, 1.807) is 7.11 Å². The molecule has 0 saturated heterocycles. The minimum Gasteiger partial charge on any atom is -0.497 e. The fraction of sp³-hybridized carbons (Fsp3) is 0.333. The first-order chi connectivity index (χ1) is 15.5. The van der Waals surface area contributed by atoms with Gasteiger partial charge in [-0.25, -0.2) is 0 Å². The second-order valence-electron chi connectivity index (χ2n) is 7.55. The average Bonchev–Trinajstić information content (AvgIpc) is 3.29. The molecule has 2 amide bonds. The van der Waals surface area contributed by atoms with Crippen molar-refractivity contribution in [2.75, 3.05) is 12.4 Å². The molecular formula is C24H28N4O3S. The molecular weight excluding hydrogens is 424 g/mol. The Morgan fingerprint density at radius 3 is 2.44 bits per heavy atom. The number of hydrogen-bond acceptors (Lipinski definition) is 6. The number of ether oxygens (including phenoxy) is 1. The van der Waals surface area contributed by atoms with Gasteiger partial charge in [0.25, 0.3) is 0 Å². The first kappa shape index (κ1) is 23.4. The van der Waals surface area contributed by atoms with Crippen LogP contribution in [0.1, 0.15) is 32.3 Å². The lowest BCUT2D eigenvalue weighted by Crippen LogP contribution is -2.47. The normalized spacial score (nSPS) is 12.6. The third-order valence-corrected chi connectivity index (χ3v) is 6.18. The number of aromatic nitrogens is 2. The SMILES string of the molecule is CCC(C)C(NC(=O)CCc1ccccc1)C(=O)Nc1nnc(-c2ccc(OC)cc2)s1. The van der Waals surface area contributed by atoms with E-state index in [-0.39, 0.29) is 17.7 Å². The van der Waals surface area contributed by atoms with Gasteiger partial charge in [0.15, 0.2) is 0 Å². The highest BCUT2D eigenvalue weighted by Crippen LogP contribution is 2.28. The van der Waals surface area contributed by atoms with Crippen LogP contribution >= 0.6 is 11.3 Å². The molecule has 2 atom stereocenters.